The molecule has 0 N–H and O–H groups in total. The van der Waals surface area contributed by atoms with Crippen LogP contribution < -0.4 is 0 Å². The first-order valence-corrected chi connectivity index (χ1v) is 8.02. The summed E-state index contributed by atoms with van der Waals surface area (Å²) in [5, 5.41) is 0. The van der Waals surface area contributed by atoms with E-state index in [1.807, 2.05) is 20.8 Å². The van der Waals surface area contributed by atoms with Crippen LogP contribution in [0.15, 0.2) is 11.6 Å². The molecule has 20 heavy (non-hydrogen) atoms. The fraction of sp³-hybridized carbons (Fsp3) is 0.889. The standard InChI is InChI=1S/C18H32O2/c1-5-6-12-19-16-13-15(14-17(2,3)4)18(20-16)10-8-7-9-11-18/h14,16H,5-13H2,1-4H3/b15-14+/i8D,9D,14D. The second kappa shape index (κ2) is 6.62. The van der Waals surface area contributed by atoms with Gasteiger partial charge < -0.3 is 9.47 Å². The number of hydrogen-bond donors (Lipinski definition) is 0. The van der Waals surface area contributed by atoms with Crippen LogP contribution in [0.3, 0.4) is 0 Å². The van der Waals surface area contributed by atoms with Gasteiger partial charge in [0.2, 0.25) is 0 Å². The summed E-state index contributed by atoms with van der Waals surface area (Å²) in [6.45, 7) is 8.92. The highest BCUT2D eigenvalue weighted by atomic mass is 16.7. The Labute approximate surface area is 129 Å². The van der Waals surface area contributed by atoms with E-state index < -0.39 is 5.60 Å². The summed E-state index contributed by atoms with van der Waals surface area (Å²) in [7, 11) is 0. The summed E-state index contributed by atoms with van der Waals surface area (Å²) in [5.74, 6) is 0. The molecule has 2 rings (SSSR count). The van der Waals surface area contributed by atoms with Gasteiger partial charge in [-0.25, -0.2) is 0 Å². The summed E-state index contributed by atoms with van der Waals surface area (Å²) < 4.78 is 37.2. The van der Waals surface area contributed by atoms with Crippen LogP contribution in [-0.2, 0) is 9.47 Å². The van der Waals surface area contributed by atoms with Gasteiger partial charge in [0.1, 0.15) is 0 Å². The maximum absolute atomic E-state index is 8.64. The predicted molar refractivity (Wildman–Crippen MR) is 83.7 cm³/mol. The largest absolute Gasteiger partial charge is 0.352 e. The molecule has 2 fully saturated rings. The Kier molecular flexibility index (Phi) is 4.04. The molecule has 116 valence electrons. The van der Waals surface area contributed by atoms with Crippen LogP contribution in [-0.4, -0.2) is 18.5 Å². The van der Waals surface area contributed by atoms with E-state index in [-0.39, 0.29) is 24.5 Å². The second-order valence-electron chi connectivity index (χ2n) is 7.05. The molecule has 0 bridgehead atoms. The highest BCUT2D eigenvalue weighted by Gasteiger charge is 2.45. The molecule has 1 spiro atoms. The topological polar surface area (TPSA) is 18.5 Å². The molecule has 1 saturated carbocycles. The molecule has 2 aliphatic rings. The molecule has 0 aromatic carbocycles. The van der Waals surface area contributed by atoms with Gasteiger partial charge in [-0.05, 0) is 30.3 Å². The number of ether oxygens (including phenoxy) is 2. The summed E-state index contributed by atoms with van der Waals surface area (Å²) in [4.78, 5) is 0. The maximum Gasteiger partial charge on any atom is 0.162 e. The Balaban J connectivity index is 2.28. The molecule has 1 aliphatic carbocycles. The first-order valence-electron chi connectivity index (χ1n) is 9.68. The zero-order valence-electron chi connectivity index (χ0n) is 16.5. The quantitative estimate of drug-likeness (QED) is 0.520. The molecule has 2 nitrogen and oxygen atoms in total. The summed E-state index contributed by atoms with van der Waals surface area (Å²) in [5.41, 5.74) is 0.0927. The monoisotopic (exact) mass is 283 g/mol. The van der Waals surface area contributed by atoms with Gasteiger partial charge >= 0.3 is 0 Å². The third kappa shape index (κ3) is 4.08. The number of rotatable bonds is 4. The van der Waals surface area contributed by atoms with Crippen molar-refractivity contribution in [3.05, 3.63) is 11.6 Å². The van der Waals surface area contributed by atoms with Gasteiger partial charge in [0.15, 0.2) is 6.29 Å². The van der Waals surface area contributed by atoms with Gasteiger partial charge in [0.05, 0.1) is 6.97 Å². The zero-order valence-corrected chi connectivity index (χ0v) is 13.5. The van der Waals surface area contributed by atoms with E-state index in [1.165, 1.54) is 0 Å². The minimum absolute atomic E-state index is 0.253. The van der Waals surface area contributed by atoms with Crippen LogP contribution in [0.4, 0.5) is 0 Å². The average Bonchev–Trinajstić information content (AvgIpc) is 2.73. The highest BCUT2D eigenvalue weighted by molar-refractivity contribution is 5.24. The van der Waals surface area contributed by atoms with Crippen LogP contribution in [0, 0.1) is 5.41 Å². The summed E-state index contributed by atoms with van der Waals surface area (Å²) in [6, 6.07) is 0.598. The van der Waals surface area contributed by atoms with Crippen molar-refractivity contribution in [1.82, 2.24) is 0 Å². The molecular weight excluding hydrogens is 248 g/mol. The second-order valence-corrected chi connectivity index (χ2v) is 7.05. The van der Waals surface area contributed by atoms with E-state index in [0.717, 1.165) is 18.4 Å². The third-order valence-electron chi connectivity index (χ3n) is 3.89. The van der Waals surface area contributed by atoms with Crippen LogP contribution in [0.5, 0.6) is 0 Å². The number of allylic oxidation sites excluding steroid dienone is 1. The van der Waals surface area contributed by atoms with Gasteiger partial charge in [-0.2, -0.15) is 0 Å². The van der Waals surface area contributed by atoms with Crippen molar-refractivity contribution in [3.63, 3.8) is 0 Å². The first-order chi connectivity index (χ1) is 10.7. The Hall–Kier alpha value is -0.340. The van der Waals surface area contributed by atoms with Crippen molar-refractivity contribution in [1.29, 1.82) is 0 Å². The lowest BCUT2D eigenvalue weighted by Crippen LogP contribution is -2.34. The highest BCUT2D eigenvalue weighted by Crippen LogP contribution is 2.47. The fourth-order valence-corrected chi connectivity index (χ4v) is 2.96. The maximum atomic E-state index is 8.64. The first kappa shape index (κ1) is 12.2. The van der Waals surface area contributed by atoms with Crippen LogP contribution in [0.25, 0.3) is 0 Å². The van der Waals surface area contributed by atoms with Crippen molar-refractivity contribution in [3.8, 4) is 0 Å². The van der Waals surface area contributed by atoms with Crippen molar-refractivity contribution >= 4 is 0 Å². The molecule has 3 atom stereocenters. The minimum atomic E-state index is -0.627. The van der Waals surface area contributed by atoms with Gasteiger partial charge in [0, 0.05) is 15.8 Å². The lowest BCUT2D eigenvalue weighted by molar-refractivity contribution is -0.173. The van der Waals surface area contributed by atoms with Crippen molar-refractivity contribution < 1.29 is 13.6 Å². The molecule has 0 aromatic heterocycles. The molecular formula is C18H32O2. The number of unbranched alkanes of at least 4 members (excludes halogenated alkanes) is 1. The zero-order chi connectivity index (χ0) is 17.3. The van der Waals surface area contributed by atoms with Gasteiger partial charge in [-0.1, -0.05) is 59.4 Å². The van der Waals surface area contributed by atoms with E-state index in [9.17, 15) is 0 Å². The Morgan fingerprint density at radius 1 is 1.45 bits per heavy atom. The van der Waals surface area contributed by atoms with E-state index >= 15 is 0 Å². The molecule has 0 aromatic rings. The molecule has 0 amide bonds. The Morgan fingerprint density at radius 3 is 2.75 bits per heavy atom. The van der Waals surface area contributed by atoms with E-state index in [2.05, 4.69) is 6.92 Å². The molecule has 2 heteroatoms. The molecule has 1 heterocycles. The smallest absolute Gasteiger partial charge is 0.162 e. The molecule has 0 radical (unpaired) electrons. The molecule has 1 saturated heterocycles. The van der Waals surface area contributed by atoms with Crippen molar-refractivity contribution in [2.75, 3.05) is 6.61 Å². The van der Waals surface area contributed by atoms with E-state index in [4.69, 9.17) is 13.6 Å². The van der Waals surface area contributed by atoms with Crippen molar-refractivity contribution in [2.45, 2.75) is 90.9 Å². The lowest BCUT2D eigenvalue weighted by atomic mass is 9.77. The van der Waals surface area contributed by atoms with E-state index in [0.29, 0.717) is 38.3 Å². The molecule has 1 aliphatic heterocycles. The summed E-state index contributed by atoms with van der Waals surface area (Å²) in [6.07, 6.45) is 3.57. The number of hydrogen-bond acceptors (Lipinski definition) is 2. The predicted octanol–water partition coefficient (Wildman–Crippen LogP) is 5.22. The SMILES string of the molecule is [2H]/C(=C1/CC(OCCCC)OC12CC([2H])CC([2H])C2)C(C)(C)C. The fourth-order valence-electron chi connectivity index (χ4n) is 2.96. The van der Waals surface area contributed by atoms with Crippen LogP contribution in [0.2, 0.25) is 0 Å². The average molecular weight is 283 g/mol. The van der Waals surface area contributed by atoms with E-state index in [1.54, 1.807) is 0 Å². The van der Waals surface area contributed by atoms with Gasteiger partial charge in [-0.15, -0.1) is 0 Å². The van der Waals surface area contributed by atoms with Crippen LogP contribution in [0.1, 0.15) is 83.1 Å². The summed E-state index contributed by atoms with van der Waals surface area (Å²) >= 11 is 0. The Morgan fingerprint density at radius 2 is 2.15 bits per heavy atom. The van der Waals surface area contributed by atoms with Crippen molar-refractivity contribution in [2.24, 2.45) is 5.41 Å². The Bertz CT molecular complexity index is 432. The minimum Gasteiger partial charge on any atom is -0.352 e. The van der Waals surface area contributed by atoms with Crippen LogP contribution >= 0.6 is 0 Å². The van der Waals surface area contributed by atoms with Gasteiger partial charge in [0.25, 0.3) is 0 Å². The lowest BCUT2D eigenvalue weighted by Gasteiger charge is -2.35. The molecule has 3 unspecified atom stereocenters. The third-order valence-corrected chi connectivity index (χ3v) is 3.89. The normalized spacial score (nSPS) is 43.2. The van der Waals surface area contributed by atoms with Gasteiger partial charge in [-0.3, -0.25) is 0 Å².